The number of amides is 1. The van der Waals surface area contributed by atoms with Gasteiger partial charge in [0.25, 0.3) is 0 Å². The van der Waals surface area contributed by atoms with E-state index in [2.05, 4.69) is 61.0 Å². The molecular weight excluding hydrogens is 322 g/mol. The first-order valence-corrected chi connectivity index (χ1v) is 9.12. The summed E-state index contributed by atoms with van der Waals surface area (Å²) < 4.78 is 2.25. The van der Waals surface area contributed by atoms with Crippen molar-refractivity contribution in [2.24, 2.45) is 0 Å². The molecule has 3 aromatic rings. The fraction of sp³-hybridized carbons (Fsp3) is 0.364. The first-order valence-electron chi connectivity index (χ1n) is 9.12. The molecule has 1 amide bonds. The Morgan fingerprint density at radius 1 is 1.08 bits per heavy atom. The molecular formula is C22H27N3O. The van der Waals surface area contributed by atoms with E-state index in [1.165, 1.54) is 11.1 Å². The lowest BCUT2D eigenvalue weighted by Crippen LogP contribution is -2.23. The molecule has 1 aromatic heterocycles. The summed E-state index contributed by atoms with van der Waals surface area (Å²) in [6.45, 7) is 9.60. The largest absolute Gasteiger partial charge is 0.356 e. The number of nitrogens with one attached hydrogen (secondary N) is 1. The van der Waals surface area contributed by atoms with Crippen molar-refractivity contribution >= 4 is 16.9 Å². The number of hydrogen-bond donors (Lipinski definition) is 1. The average Bonchev–Trinajstić information content (AvgIpc) is 2.92. The van der Waals surface area contributed by atoms with Crippen LogP contribution in [0.2, 0.25) is 0 Å². The smallest absolute Gasteiger partial charge is 0.216 e. The van der Waals surface area contributed by atoms with Crippen molar-refractivity contribution in [3.05, 3.63) is 65.5 Å². The molecule has 0 aliphatic rings. The highest BCUT2D eigenvalue weighted by atomic mass is 16.1. The van der Waals surface area contributed by atoms with E-state index in [9.17, 15) is 4.79 Å². The van der Waals surface area contributed by atoms with Crippen LogP contribution in [0, 0.1) is 0 Å². The van der Waals surface area contributed by atoms with Gasteiger partial charge in [-0.25, -0.2) is 4.98 Å². The number of benzene rings is 2. The van der Waals surface area contributed by atoms with Gasteiger partial charge in [0.05, 0.1) is 11.0 Å². The molecule has 136 valence electrons. The maximum atomic E-state index is 11.2. The van der Waals surface area contributed by atoms with E-state index in [-0.39, 0.29) is 11.3 Å². The van der Waals surface area contributed by atoms with E-state index < -0.39 is 0 Å². The zero-order chi connectivity index (χ0) is 18.7. The van der Waals surface area contributed by atoms with Gasteiger partial charge >= 0.3 is 0 Å². The number of carbonyl (C=O) groups excluding carboxylic acids is 1. The van der Waals surface area contributed by atoms with Crippen LogP contribution in [-0.2, 0) is 23.2 Å². The molecule has 0 fully saturated rings. The van der Waals surface area contributed by atoms with E-state index >= 15 is 0 Å². The minimum absolute atomic E-state index is 0.00886. The van der Waals surface area contributed by atoms with Crippen LogP contribution in [-0.4, -0.2) is 22.0 Å². The van der Waals surface area contributed by atoms with E-state index in [4.69, 9.17) is 4.98 Å². The third-order valence-electron chi connectivity index (χ3n) is 4.62. The molecule has 2 aromatic carbocycles. The number of carbonyl (C=O) groups is 1. The van der Waals surface area contributed by atoms with Gasteiger partial charge in [-0.15, -0.1) is 0 Å². The van der Waals surface area contributed by atoms with Crippen molar-refractivity contribution < 1.29 is 4.79 Å². The highest BCUT2D eigenvalue weighted by molar-refractivity contribution is 5.76. The van der Waals surface area contributed by atoms with E-state index in [0.29, 0.717) is 13.0 Å². The lowest BCUT2D eigenvalue weighted by molar-refractivity contribution is -0.118. The fourth-order valence-electron chi connectivity index (χ4n) is 3.14. The third-order valence-corrected chi connectivity index (χ3v) is 4.62. The Bertz CT molecular complexity index is 901. The molecule has 0 radical (unpaired) electrons. The van der Waals surface area contributed by atoms with Gasteiger partial charge in [0.15, 0.2) is 0 Å². The molecule has 3 rings (SSSR count). The summed E-state index contributed by atoms with van der Waals surface area (Å²) in [6.07, 6.45) is 0.717. The Labute approximate surface area is 155 Å². The molecule has 0 bridgehead atoms. The average molecular weight is 349 g/mol. The normalized spacial score (nSPS) is 11.7. The van der Waals surface area contributed by atoms with Crippen LogP contribution in [0.15, 0.2) is 48.5 Å². The number of nitrogens with zero attached hydrogens (tertiary/aromatic N) is 2. The van der Waals surface area contributed by atoms with Crippen LogP contribution in [0.4, 0.5) is 0 Å². The van der Waals surface area contributed by atoms with E-state index in [1.807, 2.05) is 18.2 Å². The first-order chi connectivity index (χ1) is 12.3. The quantitative estimate of drug-likeness (QED) is 0.755. The van der Waals surface area contributed by atoms with Crippen LogP contribution in [0.3, 0.4) is 0 Å². The van der Waals surface area contributed by atoms with Crippen molar-refractivity contribution in [1.29, 1.82) is 0 Å². The van der Waals surface area contributed by atoms with Crippen molar-refractivity contribution in [1.82, 2.24) is 14.9 Å². The highest BCUT2D eigenvalue weighted by Gasteiger charge is 2.14. The second kappa shape index (κ2) is 7.32. The van der Waals surface area contributed by atoms with Crippen LogP contribution in [0.5, 0.6) is 0 Å². The summed E-state index contributed by atoms with van der Waals surface area (Å²) in [7, 11) is 0. The van der Waals surface area contributed by atoms with Gasteiger partial charge in [-0.05, 0) is 28.7 Å². The lowest BCUT2D eigenvalue weighted by atomic mass is 9.87. The number of imidazole rings is 1. The number of para-hydroxylation sites is 2. The molecule has 0 spiro atoms. The van der Waals surface area contributed by atoms with Gasteiger partial charge in [-0.3, -0.25) is 4.79 Å². The topological polar surface area (TPSA) is 46.9 Å². The van der Waals surface area contributed by atoms with Crippen molar-refractivity contribution in [2.45, 2.75) is 46.1 Å². The fourth-order valence-corrected chi connectivity index (χ4v) is 3.14. The Hall–Kier alpha value is -2.62. The summed E-state index contributed by atoms with van der Waals surface area (Å²) >= 11 is 0. The monoisotopic (exact) mass is 349 g/mol. The summed E-state index contributed by atoms with van der Waals surface area (Å²) in [5, 5.41) is 2.86. The Balaban J connectivity index is 1.89. The standard InChI is InChI=1S/C22H27N3O/c1-16(26)23-14-13-21-24-19-7-5-6-8-20(19)25(21)15-17-9-11-18(12-10-17)22(2,3)4/h5-12H,13-15H2,1-4H3,(H,23,26). The first kappa shape index (κ1) is 18.2. The van der Waals surface area contributed by atoms with Gasteiger partial charge in [0, 0.05) is 26.4 Å². The number of fused-ring (bicyclic) bond motifs is 1. The predicted octanol–water partition coefficient (Wildman–Crippen LogP) is 4.06. The predicted molar refractivity (Wildman–Crippen MR) is 106 cm³/mol. The molecule has 4 heteroatoms. The summed E-state index contributed by atoms with van der Waals surface area (Å²) in [6, 6.07) is 17.0. The zero-order valence-corrected chi connectivity index (χ0v) is 16.0. The third kappa shape index (κ3) is 4.13. The minimum atomic E-state index is -0.00886. The van der Waals surface area contributed by atoms with E-state index in [1.54, 1.807) is 6.92 Å². The Morgan fingerprint density at radius 2 is 1.77 bits per heavy atom. The van der Waals surface area contributed by atoms with Crippen LogP contribution >= 0.6 is 0 Å². The van der Waals surface area contributed by atoms with Gasteiger partial charge < -0.3 is 9.88 Å². The number of hydrogen-bond acceptors (Lipinski definition) is 2. The van der Waals surface area contributed by atoms with Gasteiger partial charge in [0.1, 0.15) is 5.82 Å². The molecule has 1 N–H and O–H groups in total. The minimum Gasteiger partial charge on any atom is -0.356 e. The van der Waals surface area contributed by atoms with Crippen molar-refractivity contribution in [3.63, 3.8) is 0 Å². The molecule has 26 heavy (non-hydrogen) atoms. The molecule has 0 atom stereocenters. The van der Waals surface area contributed by atoms with Gasteiger partial charge in [-0.1, -0.05) is 57.2 Å². The summed E-state index contributed by atoms with van der Waals surface area (Å²) in [5.41, 5.74) is 4.87. The molecule has 0 aliphatic heterocycles. The highest BCUT2D eigenvalue weighted by Crippen LogP contribution is 2.23. The SMILES string of the molecule is CC(=O)NCCc1nc2ccccc2n1Cc1ccc(C(C)(C)C)cc1. The molecule has 0 aliphatic carbocycles. The van der Waals surface area contributed by atoms with Crippen molar-refractivity contribution in [3.8, 4) is 0 Å². The van der Waals surface area contributed by atoms with Crippen LogP contribution in [0.25, 0.3) is 11.0 Å². The number of aromatic nitrogens is 2. The molecule has 0 saturated carbocycles. The second-order valence-corrected chi connectivity index (χ2v) is 7.78. The van der Waals surface area contributed by atoms with Crippen molar-refractivity contribution in [2.75, 3.05) is 6.54 Å². The van der Waals surface area contributed by atoms with Crippen LogP contribution in [0.1, 0.15) is 44.6 Å². The molecule has 0 unspecified atom stereocenters. The summed E-state index contributed by atoms with van der Waals surface area (Å²) in [4.78, 5) is 15.9. The van der Waals surface area contributed by atoms with E-state index in [0.717, 1.165) is 23.4 Å². The molecule has 1 heterocycles. The maximum Gasteiger partial charge on any atom is 0.216 e. The Morgan fingerprint density at radius 3 is 2.42 bits per heavy atom. The summed E-state index contributed by atoms with van der Waals surface area (Å²) in [5.74, 6) is 0.991. The molecule has 0 saturated heterocycles. The zero-order valence-electron chi connectivity index (χ0n) is 16.0. The lowest BCUT2D eigenvalue weighted by Gasteiger charge is -2.19. The van der Waals surface area contributed by atoms with Gasteiger partial charge in [0.2, 0.25) is 5.91 Å². The maximum absolute atomic E-state index is 11.2. The molecule has 4 nitrogen and oxygen atoms in total. The van der Waals surface area contributed by atoms with Gasteiger partial charge in [-0.2, -0.15) is 0 Å². The second-order valence-electron chi connectivity index (χ2n) is 7.78. The number of rotatable bonds is 5. The Kier molecular flexibility index (Phi) is 5.12. The van der Waals surface area contributed by atoms with Crippen LogP contribution < -0.4 is 5.32 Å².